The number of hydrogen-bond acceptors (Lipinski definition) is 4. The van der Waals surface area contributed by atoms with Gasteiger partial charge in [-0.05, 0) is 124 Å². The number of para-hydroxylation sites is 3. The standard InChI is InChI=1S/C60H54BN3O2/c1-57(2,3)35-26-28-44-41(31-35)59(7)29-13-14-30-60(59,8)64(44)37-33-47-53-48(34-37)63-54-40(56-55(63)39-18-10-12-23-50(39)66-56)19-15-20-43(54)61(53)42-27-25-36(58(4,5)6)32-46(42)62(47)45-21-16-24-51-52(45)38-17-9-11-22-49(38)65-51/h9-12,15-28,31-34H,13-14,29-30H2,1-8H3. The summed E-state index contributed by atoms with van der Waals surface area (Å²) in [5.41, 5.74) is 21.3. The summed E-state index contributed by atoms with van der Waals surface area (Å²) in [5.74, 6) is 0. The third-order valence-corrected chi connectivity index (χ3v) is 16.8. The van der Waals surface area contributed by atoms with Crippen LogP contribution in [0.4, 0.5) is 28.4 Å². The highest BCUT2D eigenvalue weighted by Crippen LogP contribution is 2.62. The molecule has 0 bridgehead atoms. The van der Waals surface area contributed by atoms with Gasteiger partial charge in [-0.15, -0.1) is 0 Å². The van der Waals surface area contributed by atoms with Gasteiger partial charge in [-0.3, -0.25) is 0 Å². The zero-order valence-corrected chi connectivity index (χ0v) is 39.3. The first-order valence-corrected chi connectivity index (χ1v) is 24.2. The van der Waals surface area contributed by atoms with Gasteiger partial charge in [0.1, 0.15) is 22.3 Å². The van der Waals surface area contributed by atoms with Crippen LogP contribution in [0.25, 0.3) is 60.6 Å². The second-order valence-corrected chi connectivity index (χ2v) is 22.4. The van der Waals surface area contributed by atoms with E-state index in [1.165, 1.54) is 86.3 Å². The normalized spacial score (nSPS) is 19.9. The molecule has 10 aromatic rings. The van der Waals surface area contributed by atoms with Gasteiger partial charge in [-0.2, -0.15) is 0 Å². The maximum atomic E-state index is 6.92. The lowest BCUT2D eigenvalue weighted by Gasteiger charge is -2.51. The number of rotatable bonds is 2. The monoisotopic (exact) mass is 859 g/mol. The van der Waals surface area contributed by atoms with Crippen LogP contribution in [0.5, 0.6) is 0 Å². The van der Waals surface area contributed by atoms with Gasteiger partial charge in [0.25, 0.3) is 6.71 Å². The lowest BCUT2D eigenvalue weighted by molar-refractivity contribution is 0.195. The van der Waals surface area contributed by atoms with Gasteiger partial charge in [-0.25, -0.2) is 0 Å². The Morgan fingerprint density at radius 1 is 0.530 bits per heavy atom. The number of hydrogen-bond donors (Lipinski definition) is 0. The van der Waals surface area contributed by atoms with Gasteiger partial charge in [0, 0.05) is 50.0 Å². The van der Waals surface area contributed by atoms with Crippen molar-refractivity contribution in [2.45, 2.75) is 103 Å². The van der Waals surface area contributed by atoms with Crippen molar-refractivity contribution in [2.75, 3.05) is 9.80 Å². The Morgan fingerprint density at radius 2 is 1.20 bits per heavy atom. The topological polar surface area (TPSA) is 37.7 Å². The fourth-order valence-corrected chi connectivity index (χ4v) is 13.3. The van der Waals surface area contributed by atoms with E-state index in [1.807, 2.05) is 0 Å². The van der Waals surface area contributed by atoms with Gasteiger partial charge in [0.2, 0.25) is 0 Å². The number of anilines is 5. The molecule has 0 saturated heterocycles. The van der Waals surface area contributed by atoms with Crippen LogP contribution in [0.2, 0.25) is 0 Å². The summed E-state index contributed by atoms with van der Waals surface area (Å²) in [7, 11) is 0. The SMILES string of the molecule is CC(C)(C)c1ccc2c(c1)N(c1cccc3oc4ccccc4c13)c1cc(N3c4ccc(C(C)(C)C)cc4C4(C)CCCCC34C)cc3c1B2c1cccc2c4oc5ccccc5c4n-3c12. The quantitative estimate of drug-likeness (QED) is 0.162. The highest BCUT2D eigenvalue weighted by atomic mass is 16.3. The highest BCUT2D eigenvalue weighted by Gasteiger charge is 2.58. The Hall–Kier alpha value is -6.66. The average molecular weight is 860 g/mol. The number of aromatic nitrogens is 1. The van der Waals surface area contributed by atoms with Crippen molar-refractivity contribution < 1.29 is 8.83 Å². The van der Waals surface area contributed by atoms with Gasteiger partial charge in [0.15, 0.2) is 5.58 Å². The molecule has 14 rings (SSSR count). The van der Waals surface area contributed by atoms with E-state index < -0.39 is 0 Å². The number of fused-ring (bicyclic) bond motifs is 15. The molecule has 2 unspecified atom stereocenters. The molecule has 66 heavy (non-hydrogen) atoms. The zero-order valence-electron chi connectivity index (χ0n) is 39.3. The van der Waals surface area contributed by atoms with Crippen molar-refractivity contribution in [3.63, 3.8) is 0 Å². The van der Waals surface area contributed by atoms with Crippen molar-refractivity contribution in [1.82, 2.24) is 4.57 Å². The number of benzene rings is 7. The summed E-state index contributed by atoms with van der Waals surface area (Å²) >= 11 is 0. The summed E-state index contributed by atoms with van der Waals surface area (Å²) in [6.45, 7) is 19.2. The van der Waals surface area contributed by atoms with Crippen molar-refractivity contribution in [3.8, 4) is 5.69 Å². The molecule has 0 radical (unpaired) electrons. The van der Waals surface area contributed by atoms with Crippen molar-refractivity contribution >= 4 is 106 Å². The Kier molecular flexibility index (Phi) is 7.38. The van der Waals surface area contributed by atoms with Crippen LogP contribution in [0.3, 0.4) is 0 Å². The number of nitrogens with zero attached hydrogens (tertiary/aromatic N) is 3. The Labute approximate surface area is 386 Å². The molecule has 0 amide bonds. The molecule has 2 atom stereocenters. The summed E-state index contributed by atoms with van der Waals surface area (Å²) in [6.07, 6.45) is 4.73. The molecule has 1 fully saturated rings. The second kappa shape index (κ2) is 12.6. The maximum absolute atomic E-state index is 6.92. The minimum absolute atomic E-state index is 0.0122. The zero-order chi connectivity index (χ0) is 44.8. The Morgan fingerprint density at radius 3 is 2.00 bits per heavy atom. The summed E-state index contributed by atoms with van der Waals surface area (Å²) in [5, 5.41) is 4.56. The van der Waals surface area contributed by atoms with Crippen LogP contribution in [0.15, 0.2) is 142 Å². The molecule has 1 aliphatic carbocycles. The largest absolute Gasteiger partial charge is 0.456 e. The molecular formula is C60H54BN3O2. The van der Waals surface area contributed by atoms with Crippen LogP contribution in [-0.4, -0.2) is 16.8 Å². The highest BCUT2D eigenvalue weighted by molar-refractivity contribution is 7.00. The van der Waals surface area contributed by atoms with E-state index in [9.17, 15) is 0 Å². The van der Waals surface area contributed by atoms with Crippen molar-refractivity contribution in [1.29, 1.82) is 0 Å². The summed E-state index contributed by atoms with van der Waals surface area (Å²) < 4.78 is 16.2. The molecule has 6 heterocycles. The second-order valence-electron chi connectivity index (χ2n) is 22.4. The third-order valence-electron chi connectivity index (χ3n) is 16.8. The molecular weight excluding hydrogens is 805 g/mol. The first-order valence-electron chi connectivity index (χ1n) is 24.2. The number of furan rings is 2. The van der Waals surface area contributed by atoms with Crippen LogP contribution in [-0.2, 0) is 16.2 Å². The van der Waals surface area contributed by atoms with Crippen LogP contribution in [0.1, 0.15) is 97.8 Å². The van der Waals surface area contributed by atoms with Crippen molar-refractivity contribution in [2.24, 2.45) is 0 Å². The molecule has 324 valence electrons. The smallest absolute Gasteiger partial charge is 0.252 e. The van der Waals surface area contributed by atoms with E-state index in [2.05, 4.69) is 203 Å². The van der Waals surface area contributed by atoms with E-state index in [0.717, 1.165) is 61.5 Å². The molecule has 5 nitrogen and oxygen atoms in total. The van der Waals surface area contributed by atoms with E-state index in [-0.39, 0.29) is 28.5 Å². The third kappa shape index (κ3) is 4.77. The molecule has 0 N–H and O–H groups in total. The minimum Gasteiger partial charge on any atom is -0.456 e. The lowest BCUT2D eigenvalue weighted by atomic mass is 9.33. The molecule has 3 aliphatic heterocycles. The molecule has 7 aromatic carbocycles. The molecule has 0 spiro atoms. The fraction of sp³-hybridized carbons (Fsp3) is 0.267. The predicted octanol–water partition coefficient (Wildman–Crippen LogP) is 14.4. The summed E-state index contributed by atoms with van der Waals surface area (Å²) in [6, 6.07) is 50.6. The van der Waals surface area contributed by atoms with Gasteiger partial charge in [-0.1, -0.05) is 134 Å². The van der Waals surface area contributed by atoms with Crippen LogP contribution < -0.4 is 26.2 Å². The fourth-order valence-electron chi connectivity index (χ4n) is 13.3. The maximum Gasteiger partial charge on any atom is 0.252 e. The minimum atomic E-state index is -0.154. The molecule has 1 saturated carbocycles. The molecule has 3 aromatic heterocycles. The Bertz CT molecular complexity index is 3760. The van der Waals surface area contributed by atoms with Crippen LogP contribution in [0, 0.1) is 0 Å². The van der Waals surface area contributed by atoms with Crippen molar-refractivity contribution in [3.05, 3.63) is 150 Å². The van der Waals surface area contributed by atoms with E-state index >= 15 is 0 Å². The van der Waals surface area contributed by atoms with Gasteiger partial charge in [0.05, 0.1) is 22.1 Å². The van der Waals surface area contributed by atoms with E-state index in [0.29, 0.717) is 0 Å². The Balaban J connectivity index is 1.16. The molecule has 4 aliphatic rings. The average Bonchev–Trinajstić information content (AvgIpc) is 4.02. The van der Waals surface area contributed by atoms with Crippen LogP contribution >= 0.6 is 0 Å². The first-order chi connectivity index (χ1) is 31.7. The van der Waals surface area contributed by atoms with Gasteiger partial charge < -0.3 is 23.2 Å². The van der Waals surface area contributed by atoms with Gasteiger partial charge >= 0.3 is 0 Å². The van der Waals surface area contributed by atoms with E-state index in [1.54, 1.807) is 0 Å². The molecule has 6 heteroatoms. The van der Waals surface area contributed by atoms with E-state index in [4.69, 9.17) is 8.83 Å². The first kappa shape index (κ1) is 38.6. The lowest BCUT2D eigenvalue weighted by Crippen LogP contribution is -2.60. The summed E-state index contributed by atoms with van der Waals surface area (Å²) in [4.78, 5) is 5.41. The predicted molar refractivity (Wildman–Crippen MR) is 277 cm³/mol.